The van der Waals surface area contributed by atoms with E-state index in [0.717, 1.165) is 17.0 Å². The summed E-state index contributed by atoms with van der Waals surface area (Å²) < 4.78 is 3.31. The van der Waals surface area contributed by atoms with Crippen molar-refractivity contribution < 1.29 is 0 Å². The standard InChI is InChI=1S/C23H23N5O/c1-15-9-11-19(12-10-15)14-27-17(3)21(16(2)26-27)13-24-28-18(4)25-22-8-6-5-7-20(22)23(28)29/h5-13H,14H2,1-4H3. The summed E-state index contributed by atoms with van der Waals surface area (Å²) in [6, 6.07) is 15.7. The van der Waals surface area contributed by atoms with Crippen LogP contribution in [0.5, 0.6) is 0 Å². The van der Waals surface area contributed by atoms with Crippen molar-refractivity contribution >= 4 is 17.1 Å². The molecule has 0 radical (unpaired) electrons. The van der Waals surface area contributed by atoms with E-state index in [4.69, 9.17) is 0 Å². The van der Waals surface area contributed by atoms with Gasteiger partial charge >= 0.3 is 0 Å². The first-order chi connectivity index (χ1) is 13.9. The summed E-state index contributed by atoms with van der Waals surface area (Å²) in [5.41, 5.74) is 5.72. The molecule has 0 aliphatic rings. The second kappa shape index (κ2) is 7.47. The first-order valence-electron chi connectivity index (χ1n) is 9.56. The minimum Gasteiger partial charge on any atom is -0.267 e. The van der Waals surface area contributed by atoms with Crippen molar-refractivity contribution in [3.05, 3.63) is 92.8 Å². The minimum atomic E-state index is -0.174. The number of hydrogen-bond acceptors (Lipinski definition) is 4. The first kappa shape index (κ1) is 18.8. The van der Waals surface area contributed by atoms with Gasteiger partial charge in [-0.15, -0.1) is 0 Å². The molecule has 146 valence electrons. The highest BCUT2D eigenvalue weighted by atomic mass is 16.1. The summed E-state index contributed by atoms with van der Waals surface area (Å²) in [5.74, 6) is 0.548. The van der Waals surface area contributed by atoms with Gasteiger partial charge in [0.15, 0.2) is 0 Å². The molecular formula is C23H23N5O. The van der Waals surface area contributed by atoms with Crippen LogP contribution in [0.1, 0.15) is 33.9 Å². The largest absolute Gasteiger partial charge is 0.282 e. The van der Waals surface area contributed by atoms with Crippen molar-refractivity contribution in [3.8, 4) is 0 Å². The van der Waals surface area contributed by atoms with Crippen LogP contribution >= 0.6 is 0 Å². The molecule has 29 heavy (non-hydrogen) atoms. The zero-order valence-corrected chi connectivity index (χ0v) is 17.0. The SMILES string of the molecule is Cc1ccc(Cn2nc(C)c(C=Nn3c(C)nc4ccccc4c3=O)c2C)cc1. The molecule has 0 amide bonds. The van der Waals surface area contributed by atoms with Crippen molar-refractivity contribution in [1.82, 2.24) is 19.4 Å². The van der Waals surface area contributed by atoms with Crippen LogP contribution in [0.15, 0.2) is 58.4 Å². The van der Waals surface area contributed by atoms with Gasteiger partial charge in [0, 0.05) is 11.3 Å². The van der Waals surface area contributed by atoms with Crippen molar-refractivity contribution in [3.63, 3.8) is 0 Å². The van der Waals surface area contributed by atoms with E-state index in [0.29, 0.717) is 23.3 Å². The van der Waals surface area contributed by atoms with E-state index < -0.39 is 0 Å². The lowest BCUT2D eigenvalue weighted by Gasteiger charge is -2.06. The zero-order valence-electron chi connectivity index (χ0n) is 17.0. The lowest BCUT2D eigenvalue weighted by molar-refractivity contribution is 0.659. The van der Waals surface area contributed by atoms with Crippen molar-refractivity contribution in [1.29, 1.82) is 0 Å². The molecule has 4 rings (SSSR count). The topological polar surface area (TPSA) is 65.1 Å². The van der Waals surface area contributed by atoms with Crippen LogP contribution in [0.3, 0.4) is 0 Å². The Hall–Kier alpha value is -3.54. The van der Waals surface area contributed by atoms with Gasteiger partial charge in [0.1, 0.15) is 5.82 Å². The summed E-state index contributed by atoms with van der Waals surface area (Å²) in [7, 11) is 0. The molecule has 0 bridgehead atoms. The molecule has 0 N–H and O–H groups in total. The van der Waals surface area contributed by atoms with E-state index in [1.807, 2.05) is 36.7 Å². The Labute approximate surface area is 169 Å². The fraction of sp³-hybridized carbons (Fsp3) is 0.217. The fourth-order valence-electron chi connectivity index (χ4n) is 3.40. The molecule has 0 aliphatic heterocycles. The average molecular weight is 385 g/mol. The van der Waals surface area contributed by atoms with Gasteiger partial charge in [0.2, 0.25) is 0 Å². The Balaban J connectivity index is 1.69. The fourth-order valence-corrected chi connectivity index (χ4v) is 3.40. The lowest BCUT2D eigenvalue weighted by Crippen LogP contribution is -2.20. The molecule has 0 fully saturated rings. The van der Waals surface area contributed by atoms with Gasteiger partial charge in [0.25, 0.3) is 5.56 Å². The van der Waals surface area contributed by atoms with Gasteiger partial charge in [-0.1, -0.05) is 42.0 Å². The monoisotopic (exact) mass is 385 g/mol. The maximum Gasteiger partial charge on any atom is 0.282 e. The van der Waals surface area contributed by atoms with E-state index in [9.17, 15) is 4.79 Å². The van der Waals surface area contributed by atoms with Crippen LogP contribution in [0.2, 0.25) is 0 Å². The van der Waals surface area contributed by atoms with Crippen LogP contribution in [0.4, 0.5) is 0 Å². The van der Waals surface area contributed by atoms with Gasteiger partial charge < -0.3 is 0 Å². The number of hydrogen-bond donors (Lipinski definition) is 0. The summed E-state index contributed by atoms with van der Waals surface area (Å²) in [4.78, 5) is 17.3. The Morgan fingerprint density at radius 3 is 2.48 bits per heavy atom. The molecule has 0 unspecified atom stereocenters. The molecule has 0 saturated carbocycles. The highest BCUT2D eigenvalue weighted by molar-refractivity contribution is 5.83. The normalized spacial score (nSPS) is 11.6. The summed E-state index contributed by atoms with van der Waals surface area (Å²) in [6.07, 6.45) is 1.70. The smallest absolute Gasteiger partial charge is 0.267 e. The predicted octanol–water partition coefficient (Wildman–Crippen LogP) is 3.76. The van der Waals surface area contributed by atoms with E-state index in [1.54, 1.807) is 19.2 Å². The second-order valence-corrected chi connectivity index (χ2v) is 7.27. The number of aromatic nitrogens is 4. The maximum absolute atomic E-state index is 12.8. The van der Waals surface area contributed by atoms with E-state index in [1.165, 1.54) is 15.8 Å². The summed E-state index contributed by atoms with van der Waals surface area (Å²) in [5, 5.41) is 9.65. The lowest BCUT2D eigenvalue weighted by atomic mass is 10.1. The number of aryl methyl sites for hydroxylation is 3. The minimum absolute atomic E-state index is 0.174. The molecule has 2 aromatic heterocycles. The van der Waals surface area contributed by atoms with Crippen LogP contribution in [0, 0.1) is 27.7 Å². The molecular weight excluding hydrogens is 362 g/mol. The van der Waals surface area contributed by atoms with E-state index >= 15 is 0 Å². The van der Waals surface area contributed by atoms with E-state index in [-0.39, 0.29) is 5.56 Å². The Morgan fingerprint density at radius 1 is 1.00 bits per heavy atom. The third kappa shape index (κ3) is 3.61. The van der Waals surface area contributed by atoms with Crippen molar-refractivity contribution in [2.45, 2.75) is 34.2 Å². The molecule has 6 nitrogen and oxygen atoms in total. The highest BCUT2D eigenvalue weighted by Crippen LogP contribution is 2.14. The first-order valence-corrected chi connectivity index (χ1v) is 9.56. The molecule has 4 aromatic rings. The predicted molar refractivity (Wildman–Crippen MR) is 116 cm³/mol. The van der Waals surface area contributed by atoms with Crippen LogP contribution in [0.25, 0.3) is 10.9 Å². The van der Waals surface area contributed by atoms with Gasteiger partial charge in [0.05, 0.1) is 29.4 Å². The molecule has 0 saturated heterocycles. The van der Waals surface area contributed by atoms with E-state index in [2.05, 4.69) is 46.4 Å². The van der Waals surface area contributed by atoms with Gasteiger partial charge in [-0.2, -0.15) is 14.9 Å². The Bertz CT molecular complexity index is 1280. The van der Waals surface area contributed by atoms with Gasteiger partial charge in [-0.3, -0.25) is 9.48 Å². The van der Waals surface area contributed by atoms with Gasteiger partial charge in [-0.05, 0) is 45.4 Å². The molecule has 2 heterocycles. The average Bonchev–Trinajstić information content (AvgIpc) is 2.96. The van der Waals surface area contributed by atoms with Crippen molar-refractivity contribution in [2.24, 2.45) is 5.10 Å². The second-order valence-electron chi connectivity index (χ2n) is 7.27. The highest BCUT2D eigenvalue weighted by Gasteiger charge is 2.11. The summed E-state index contributed by atoms with van der Waals surface area (Å²) in [6.45, 7) is 8.52. The quantitative estimate of drug-likeness (QED) is 0.503. The third-order valence-electron chi connectivity index (χ3n) is 5.11. The molecule has 2 aromatic carbocycles. The molecule has 6 heteroatoms. The number of rotatable bonds is 4. The molecule has 0 atom stereocenters. The van der Waals surface area contributed by atoms with Gasteiger partial charge in [-0.25, -0.2) is 4.98 Å². The maximum atomic E-state index is 12.8. The van der Waals surface area contributed by atoms with Crippen LogP contribution < -0.4 is 5.56 Å². The Kier molecular flexibility index (Phi) is 4.84. The number of benzene rings is 2. The van der Waals surface area contributed by atoms with Crippen molar-refractivity contribution in [2.75, 3.05) is 0 Å². The third-order valence-corrected chi connectivity index (χ3v) is 5.11. The zero-order chi connectivity index (χ0) is 20.5. The molecule has 0 aliphatic carbocycles. The Morgan fingerprint density at radius 2 is 1.72 bits per heavy atom. The molecule has 0 spiro atoms. The number of para-hydroxylation sites is 1. The summed E-state index contributed by atoms with van der Waals surface area (Å²) >= 11 is 0. The van der Waals surface area contributed by atoms with Crippen LogP contribution in [-0.4, -0.2) is 25.7 Å². The number of nitrogens with zero attached hydrogens (tertiary/aromatic N) is 5. The van der Waals surface area contributed by atoms with Crippen LogP contribution in [-0.2, 0) is 6.54 Å². The number of fused-ring (bicyclic) bond motifs is 1.